The number of ether oxygens (including phenoxy) is 1. The van der Waals surface area contributed by atoms with Crippen LogP contribution in [0.4, 0.5) is 5.69 Å². The van der Waals surface area contributed by atoms with E-state index in [-0.39, 0.29) is 24.5 Å². The molecule has 0 spiro atoms. The van der Waals surface area contributed by atoms with Gasteiger partial charge in [0.1, 0.15) is 10.8 Å². The third kappa shape index (κ3) is 3.29. The number of amides is 2. The summed E-state index contributed by atoms with van der Waals surface area (Å²) in [6.45, 7) is 6.00. The maximum Gasteiger partial charge on any atom is 0.262 e. The lowest BCUT2D eigenvalue weighted by molar-refractivity contribution is -0.118. The highest BCUT2D eigenvalue weighted by Gasteiger charge is 2.21. The number of aromatic nitrogens is 1. The molecule has 4 rings (SSSR count). The second-order valence-corrected chi connectivity index (χ2v) is 7.77. The molecule has 0 fully saturated rings. The lowest BCUT2D eigenvalue weighted by atomic mass is 10.1. The van der Waals surface area contributed by atoms with E-state index < -0.39 is 0 Å². The second-order valence-electron chi connectivity index (χ2n) is 6.88. The molecule has 6 nitrogen and oxygen atoms in total. The summed E-state index contributed by atoms with van der Waals surface area (Å²) in [7, 11) is 0. The summed E-state index contributed by atoms with van der Waals surface area (Å²) in [4.78, 5) is 24.5. The summed E-state index contributed by atoms with van der Waals surface area (Å²) in [5, 5.41) is 8.70. The van der Waals surface area contributed by atoms with Crippen LogP contribution < -0.4 is 15.4 Å². The minimum atomic E-state index is -0.226. The molecule has 0 aliphatic carbocycles. The van der Waals surface area contributed by atoms with E-state index >= 15 is 0 Å². The minimum Gasteiger partial charge on any atom is -0.482 e. The van der Waals surface area contributed by atoms with Crippen molar-refractivity contribution in [2.24, 2.45) is 0 Å². The van der Waals surface area contributed by atoms with Crippen molar-refractivity contribution in [3.63, 3.8) is 0 Å². The van der Waals surface area contributed by atoms with Gasteiger partial charge in [-0.3, -0.25) is 9.59 Å². The predicted molar refractivity (Wildman–Crippen MR) is 110 cm³/mol. The Balaban J connectivity index is 1.56. The molecule has 0 radical (unpaired) electrons. The van der Waals surface area contributed by atoms with Gasteiger partial charge in [0.25, 0.3) is 11.8 Å². The van der Waals surface area contributed by atoms with Crippen molar-refractivity contribution in [2.75, 3.05) is 11.9 Å². The minimum absolute atomic E-state index is 0.0256. The molecule has 2 amide bonds. The number of benzene rings is 1. The van der Waals surface area contributed by atoms with Crippen molar-refractivity contribution in [1.82, 2.24) is 9.88 Å². The van der Waals surface area contributed by atoms with Crippen LogP contribution in [-0.2, 0) is 4.79 Å². The molecule has 7 heteroatoms. The standard InChI is InChI=1S/C21H21N3O3S/c1-12-4-5-13(2)24(12)21-16(8-9-28-21)20(26)22-14(3)15-6-7-18-17(10-15)23-19(25)11-27-18/h4-10,14H,11H2,1-3H3,(H,22,26)(H,23,25). The summed E-state index contributed by atoms with van der Waals surface area (Å²) < 4.78 is 7.48. The van der Waals surface area contributed by atoms with Crippen LogP contribution in [0.3, 0.4) is 0 Å². The Hall–Kier alpha value is -3.06. The van der Waals surface area contributed by atoms with Gasteiger partial charge in [-0.1, -0.05) is 6.07 Å². The van der Waals surface area contributed by atoms with E-state index in [4.69, 9.17) is 4.74 Å². The van der Waals surface area contributed by atoms with Gasteiger partial charge in [-0.15, -0.1) is 11.3 Å². The fourth-order valence-corrected chi connectivity index (χ4v) is 4.38. The number of hydrogen-bond donors (Lipinski definition) is 2. The Kier molecular flexibility index (Phi) is 4.68. The molecule has 0 saturated heterocycles. The van der Waals surface area contributed by atoms with Crippen molar-refractivity contribution in [3.8, 4) is 10.8 Å². The van der Waals surface area contributed by atoms with Gasteiger partial charge in [0.2, 0.25) is 0 Å². The monoisotopic (exact) mass is 395 g/mol. The van der Waals surface area contributed by atoms with Gasteiger partial charge in [-0.25, -0.2) is 0 Å². The van der Waals surface area contributed by atoms with E-state index in [0.717, 1.165) is 22.0 Å². The number of aryl methyl sites for hydroxylation is 2. The molecule has 3 aromatic rings. The zero-order valence-electron chi connectivity index (χ0n) is 15.9. The molecular weight excluding hydrogens is 374 g/mol. The number of hydrogen-bond acceptors (Lipinski definition) is 4. The molecule has 2 aromatic heterocycles. The lowest BCUT2D eigenvalue weighted by Gasteiger charge is -2.21. The SMILES string of the molecule is Cc1ccc(C)n1-c1sccc1C(=O)NC(C)c1ccc2c(c1)NC(=O)CO2. The highest BCUT2D eigenvalue weighted by molar-refractivity contribution is 7.13. The average molecular weight is 395 g/mol. The van der Waals surface area contributed by atoms with Gasteiger partial charge in [0.05, 0.1) is 17.3 Å². The Morgan fingerprint density at radius 3 is 2.71 bits per heavy atom. The molecule has 0 saturated carbocycles. The van der Waals surface area contributed by atoms with Gasteiger partial charge < -0.3 is 19.9 Å². The quantitative estimate of drug-likeness (QED) is 0.702. The normalized spacial score (nSPS) is 14.0. The van der Waals surface area contributed by atoms with Crippen molar-refractivity contribution in [1.29, 1.82) is 0 Å². The summed E-state index contributed by atoms with van der Waals surface area (Å²) in [5.41, 5.74) is 4.35. The van der Waals surface area contributed by atoms with E-state index in [1.54, 1.807) is 11.3 Å². The van der Waals surface area contributed by atoms with Crippen molar-refractivity contribution in [2.45, 2.75) is 26.8 Å². The molecule has 28 heavy (non-hydrogen) atoms. The molecule has 1 aliphatic rings. The van der Waals surface area contributed by atoms with Crippen LogP contribution in [-0.4, -0.2) is 23.0 Å². The Morgan fingerprint density at radius 2 is 1.96 bits per heavy atom. The third-order valence-corrected chi connectivity index (χ3v) is 5.75. The smallest absolute Gasteiger partial charge is 0.262 e. The van der Waals surface area contributed by atoms with E-state index in [1.165, 1.54) is 0 Å². The van der Waals surface area contributed by atoms with Crippen molar-refractivity contribution >= 4 is 28.8 Å². The van der Waals surface area contributed by atoms with Gasteiger partial charge in [-0.05, 0) is 62.0 Å². The topological polar surface area (TPSA) is 72.4 Å². The van der Waals surface area contributed by atoms with E-state index in [1.807, 2.05) is 62.5 Å². The predicted octanol–water partition coefficient (Wildman–Crippen LogP) is 3.98. The molecule has 1 unspecified atom stereocenters. The Morgan fingerprint density at radius 1 is 1.21 bits per heavy atom. The first kappa shape index (κ1) is 18.3. The molecule has 3 heterocycles. The maximum absolute atomic E-state index is 13.0. The average Bonchev–Trinajstić information content (AvgIpc) is 3.27. The molecule has 1 aromatic carbocycles. The summed E-state index contributed by atoms with van der Waals surface area (Å²) >= 11 is 1.54. The number of anilines is 1. The first-order chi connectivity index (χ1) is 13.4. The molecule has 144 valence electrons. The Labute approximate surface area is 167 Å². The lowest BCUT2D eigenvalue weighted by Crippen LogP contribution is -2.28. The fraction of sp³-hybridized carbons (Fsp3) is 0.238. The van der Waals surface area contributed by atoms with Crippen LogP contribution in [0.5, 0.6) is 5.75 Å². The number of carbonyl (C=O) groups is 2. The van der Waals surface area contributed by atoms with Crippen LogP contribution >= 0.6 is 11.3 Å². The van der Waals surface area contributed by atoms with Crippen molar-refractivity contribution in [3.05, 3.63) is 64.3 Å². The van der Waals surface area contributed by atoms with Crippen LogP contribution in [0.1, 0.15) is 40.3 Å². The maximum atomic E-state index is 13.0. The van der Waals surface area contributed by atoms with Crippen molar-refractivity contribution < 1.29 is 14.3 Å². The van der Waals surface area contributed by atoms with Crippen LogP contribution in [0.25, 0.3) is 5.00 Å². The Bertz CT molecular complexity index is 1050. The van der Waals surface area contributed by atoms with E-state index in [0.29, 0.717) is 17.0 Å². The number of nitrogens with zero attached hydrogens (tertiary/aromatic N) is 1. The highest BCUT2D eigenvalue weighted by Crippen LogP contribution is 2.31. The number of nitrogens with one attached hydrogen (secondary N) is 2. The molecular formula is C21H21N3O3S. The van der Waals surface area contributed by atoms with Gasteiger partial charge in [0.15, 0.2) is 6.61 Å². The number of thiophene rings is 1. The number of fused-ring (bicyclic) bond motifs is 1. The zero-order chi connectivity index (χ0) is 19.8. The van der Waals surface area contributed by atoms with E-state index in [9.17, 15) is 9.59 Å². The van der Waals surface area contributed by atoms with E-state index in [2.05, 4.69) is 15.2 Å². The summed E-state index contributed by atoms with van der Waals surface area (Å²) in [5.74, 6) is 0.330. The summed E-state index contributed by atoms with van der Waals surface area (Å²) in [6, 6.07) is 11.3. The number of carbonyl (C=O) groups excluding carboxylic acids is 2. The third-order valence-electron chi connectivity index (χ3n) is 4.85. The highest BCUT2D eigenvalue weighted by atomic mass is 32.1. The first-order valence-electron chi connectivity index (χ1n) is 9.04. The molecule has 1 atom stereocenters. The molecule has 1 aliphatic heterocycles. The van der Waals surface area contributed by atoms with Crippen LogP contribution in [0, 0.1) is 13.8 Å². The molecule has 2 N–H and O–H groups in total. The number of rotatable bonds is 4. The first-order valence-corrected chi connectivity index (χ1v) is 9.92. The second kappa shape index (κ2) is 7.16. The van der Waals surface area contributed by atoms with Crippen LogP contribution in [0.15, 0.2) is 41.8 Å². The zero-order valence-corrected chi connectivity index (χ0v) is 16.7. The van der Waals surface area contributed by atoms with Gasteiger partial charge in [-0.2, -0.15) is 0 Å². The largest absolute Gasteiger partial charge is 0.482 e. The summed E-state index contributed by atoms with van der Waals surface area (Å²) in [6.07, 6.45) is 0. The molecule has 0 bridgehead atoms. The van der Waals surface area contributed by atoms with Crippen LogP contribution in [0.2, 0.25) is 0 Å². The van der Waals surface area contributed by atoms with Gasteiger partial charge in [0, 0.05) is 11.4 Å². The fourth-order valence-electron chi connectivity index (χ4n) is 3.36. The van der Waals surface area contributed by atoms with Gasteiger partial charge >= 0.3 is 0 Å².